The second-order valence-electron chi connectivity index (χ2n) is 6.56. The Labute approximate surface area is 151 Å². The van der Waals surface area contributed by atoms with Crippen molar-refractivity contribution in [3.05, 3.63) is 22.4 Å². The first-order valence-electron chi connectivity index (χ1n) is 9.49. The lowest BCUT2D eigenvalue weighted by Gasteiger charge is -2.08. The summed E-state index contributed by atoms with van der Waals surface area (Å²) in [6.45, 7) is 2.29. The molecule has 1 rings (SSSR count). The van der Waals surface area contributed by atoms with Crippen LogP contribution in [-0.4, -0.2) is 4.83 Å². The number of thiophene rings is 1. The van der Waals surface area contributed by atoms with Gasteiger partial charge < -0.3 is 0 Å². The maximum atomic E-state index is 3.84. The molecule has 1 heterocycles. The van der Waals surface area contributed by atoms with Gasteiger partial charge in [0.1, 0.15) is 0 Å². The first-order valence-corrected chi connectivity index (χ1v) is 11.3. The minimum Gasteiger partial charge on any atom is -0.149 e. The summed E-state index contributed by atoms with van der Waals surface area (Å²) in [6, 6.07) is 4.41. The van der Waals surface area contributed by atoms with E-state index in [1.165, 1.54) is 94.8 Å². The van der Waals surface area contributed by atoms with Gasteiger partial charge in [0, 0.05) is 9.70 Å². The molecule has 0 aromatic carbocycles. The number of rotatable bonds is 15. The van der Waals surface area contributed by atoms with Gasteiger partial charge in [0.25, 0.3) is 0 Å². The third-order valence-electron chi connectivity index (χ3n) is 4.37. The van der Waals surface area contributed by atoms with Crippen LogP contribution in [0, 0.1) is 0 Å². The molecule has 22 heavy (non-hydrogen) atoms. The Balaban J connectivity index is 1.78. The molecule has 1 atom stereocenters. The molecule has 1 aromatic heterocycles. The highest BCUT2D eigenvalue weighted by molar-refractivity contribution is 9.09. The highest BCUT2D eigenvalue weighted by Gasteiger charge is 2.05. The SMILES string of the molecule is CCCCCCCCCCCCCCC(Br)Cc1cccs1. The summed E-state index contributed by atoms with van der Waals surface area (Å²) >= 11 is 5.72. The maximum absolute atomic E-state index is 3.84. The molecular weight excluding hydrogens is 352 g/mol. The van der Waals surface area contributed by atoms with Gasteiger partial charge in [-0.3, -0.25) is 0 Å². The van der Waals surface area contributed by atoms with Gasteiger partial charge in [-0.15, -0.1) is 11.3 Å². The zero-order chi connectivity index (χ0) is 15.9. The van der Waals surface area contributed by atoms with Crippen LogP contribution in [0.15, 0.2) is 17.5 Å². The van der Waals surface area contributed by atoms with Crippen molar-refractivity contribution < 1.29 is 0 Å². The highest BCUT2D eigenvalue weighted by atomic mass is 79.9. The average Bonchev–Trinajstić information content (AvgIpc) is 3.01. The van der Waals surface area contributed by atoms with Crippen molar-refractivity contribution in [2.24, 2.45) is 0 Å². The number of unbranched alkanes of at least 4 members (excludes halogenated alkanes) is 11. The van der Waals surface area contributed by atoms with E-state index in [0.29, 0.717) is 4.83 Å². The lowest BCUT2D eigenvalue weighted by atomic mass is 10.0. The molecule has 1 unspecified atom stereocenters. The van der Waals surface area contributed by atoms with Crippen molar-refractivity contribution in [1.29, 1.82) is 0 Å². The molecule has 1 aromatic rings. The molecule has 128 valence electrons. The molecule has 0 aliphatic carbocycles. The van der Waals surface area contributed by atoms with Gasteiger partial charge in [-0.1, -0.05) is 106 Å². The molecule has 0 radical (unpaired) electrons. The van der Waals surface area contributed by atoms with Gasteiger partial charge in [-0.05, 0) is 24.3 Å². The Morgan fingerprint density at radius 2 is 1.41 bits per heavy atom. The van der Waals surface area contributed by atoms with E-state index in [0.717, 1.165) is 0 Å². The van der Waals surface area contributed by atoms with Crippen LogP contribution < -0.4 is 0 Å². The second kappa shape index (κ2) is 14.8. The third kappa shape index (κ3) is 11.7. The Bertz CT molecular complexity index is 320. The van der Waals surface area contributed by atoms with Crippen LogP contribution in [-0.2, 0) is 6.42 Å². The van der Waals surface area contributed by atoms with Crippen LogP contribution in [0.25, 0.3) is 0 Å². The second-order valence-corrected chi connectivity index (χ2v) is 8.89. The van der Waals surface area contributed by atoms with Crippen molar-refractivity contribution in [1.82, 2.24) is 0 Å². The zero-order valence-electron chi connectivity index (χ0n) is 14.5. The molecule has 0 N–H and O–H groups in total. The smallest absolute Gasteiger partial charge is 0.0194 e. The maximum Gasteiger partial charge on any atom is 0.0194 e. The average molecular weight is 387 g/mol. The molecule has 0 fully saturated rings. The summed E-state index contributed by atoms with van der Waals surface area (Å²) in [4.78, 5) is 2.19. The summed E-state index contributed by atoms with van der Waals surface area (Å²) in [7, 11) is 0. The van der Waals surface area contributed by atoms with Gasteiger partial charge >= 0.3 is 0 Å². The predicted molar refractivity (Wildman–Crippen MR) is 106 cm³/mol. The number of alkyl halides is 1. The van der Waals surface area contributed by atoms with Gasteiger partial charge in [-0.2, -0.15) is 0 Å². The fourth-order valence-electron chi connectivity index (χ4n) is 2.96. The van der Waals surface area contributed by atoms with E-state index >= 15 is 0 Å². The summed E-state index contributed by atoms with van der Waals surface area (Å²) in [5.74, 6) is 0. The standard InChI is InChI=1S/C20H35BrS/c1-2-3-4-5-6-7-8-9-10-11-12-13-15-19(21)18-20-16-14-17-22-20/h14,16-17,19H,2-13,15,18H2,1H3. The molecule has 0 aliphatic heterocycles. The van der Waals surface area contributed by atoms with Crippen molar-refractivity contribution in [2.75, 3.05) is 0 Å². The van der Waals surface area contributed by atoms with E-state index in [1.54, 1.807) is 0 Å². The zero-order valence-corrected chi connectivity index (χ0v) is 16.9. The Morgan fingerprint density at radius 1 is 0.864 bits per heavy atom. The summed E-state index contributed by atoms with van der Waals surface area (Å²) in [6.07, 6.45) is 19.8. The lowest BCUT2D eigenvalue weighted by molar-refractivity contribution is 0.538. The van der Waals surface area contributed by atoms with E-state index in [-0.39, 0.29) is 0 Å². The Morgan fingerprint density at radius 3 is 1.91 bits per heavy atom. The molecule has 2 heteroatoms. The van der Waals surface area contributed by atoms with E-state index in [4.69, 9.17) is 0 Å². The summed E-state index contributed by atoms with van der Waals surface area (Å²) in [5, 5.41) is 2.18. The lowest BCUT2D eigenvalue weighted by Crippen LogP contribution is -2.01. The van der Waals surface area contributed by atoms with Gasteiger partial charge in [0.05, 0.1) is 0 Å². The van der Waals surface area contributed by atoms with Crippen LogP contribution in [0.2, 0.25) is 0 Å². The molecule has 0 spiro atoms. The van der Waals surface area contributed by atoms with Crippen molar-refractivity contribution in [3.8, 4) is 0 Å². The Hall–Kier alpha value is 0.180. The van der Waals surface area contributed by atoms with Crippen LogP contribution in [0.4, 0.5) is 0 Å². The third-order valence-corrected chi connectivity index (χ3v) is 6.05. The van der Waals surface area contributed by atoms with E-state index < -0.39 is 0 Å². The van der Waals surface area contributed by atoms with E-state index in [2.05, 4.69) is 40.4 Å². The van der Waals surface area contributed by atoms with Crippen molar-refractivity contribution >= 4 is 27.3 Å². The normalized spacial score (nSPS) is 12.6. The number of halogens is 1. The van der Waals surface area contributed by atoms with Crippen LogP contribution >= 0.6 is 27.3 Å². The van der Waals surface area contributed by atoms with Crippen molar-refractivity contribution in [2.45, 2.75) is 102 Å². The van der Waals surface area contributed by atoms with E-state index in [9.17, 15) is 0 Å². The van der Waals surface area contributed by atoms with Crippen LogP contribution in [0.3, 0.4) is 0 Å². The monoisotopic (exact) mass is 386 g/mol. The fraction of sp³-hybridized carbons (Fsp3) is 0.800. The van der Waals surface area contributed by atoms with Crippen molar-refractivity contribution in [3.63, 3.8) is 0 Å². The minimum absolute atomic E-state index is 0.675. The fourth-order valence-corrected chi connectivity index (χ4v) is 4.63. The first-order chi connectivity index (χ1) is 10.8. The minimum atomic E-state index is 0.675. The number of hydrogen-bond donors (Lipinski definition) is 0. The largest absolute Gasteiger partial charge is 0.149 e. The van der Waals surface area contributed by atoms with Gasteiger partial charge in [0.2, 0.25) is 0 Å². The topological polar surface area (TPSA) is 0 Å². The summed E-state index contributed by atoms with van der Waals surface area (Å²) < 4.78 is 0. The molecule has 0 bridgehead atoms. The molecular formula is C20H35BrS. The predicted octanol–water partition coefficient (Wildman–Crippen LogP) is 8.15. The molecule has 0 saturated heterocycles. The summed E-state index contributed by atoms with van der Waals surface area (Å²) in [5.41, 5.74) is 0. The molecule has 0 saturated carbocycles. The highest BCUT2D eigenvalue weighted by Crippen LogP contribution is 2.20. The molecule has 0 amide bonds. The van der Waals surface area contributed by atoms with Gasteiger partial charge in [-0.25, -0.2) is 0 Å². The van der Waals surface area contributed by atoms with E-state index in [1.807, 2.05) is 11.3 Å². The quantitative estimate of drug-likeness (QED) is 0.210. The van der Waals surface area contributed by atoms with Gasteiger partial charge in [0.15, 0.2) is 0 Å². The molecule has 0 nitrogen and oxygen atoms in total. The van der Waals surface area contributed by atoms with Crippen LogP contribution in [0.1, 0.15) is 95.3 Å². The van der Waals surface area contributed by atoms with Crippen LogP contribution in [0.5, 0.6) is 0 Å². The number of hydrogen-bond acceptors (Lipinski definition) is 1. The Kier molecular flexibility index (Phi) is 13.6. The first kappa shape index (κ1) is 20.2. The molecule has 0 aliphatic rings.